The van der Waals surface area contributed by atoms with Crippen molar-refractivity contribution in [2.45, 2.75) is 12.8 Å². The van der Waals surface area contributed by atoms with Gasteiger partial charge in [-0.25, -0.2) is 4.39 Å². The minimum Gasteiger partial charge on any atom is -0.322 e. The minimum absolute atomic E-state index is 0.221. The van der Waals surface area contributed by atoms with Gasteiger partial charge in [-0.15, -0.1) is 0 Å². The SMILES string of the molecule is Fc1cccc2c1NSC(=S)C1=C2CCC=C1. The second-order valence-electron chi connectivity index (χ2n) is 3.99. The summed E-state index contributed by atoms with van der Waals surface area (Å²) >= 11 is 6.66. The third kappa shape index (κ3) is 1.81. The summed E-state index contributed by atoms with van der Waals surface area (Å²) in [5.74, 6) is -0.221. The Balaban J connectivity index is 2.26. The van der Waals surface area contributed by atoms with Crippen molar-refractivity contribution < 1.29 is 4.39 Å². The zero-order valence-corrected chi connectivity index (χ0v) is 10.6. The highest BCUT2D eigenvalue weighted by atomic mass is 32.2. The molecule has 1 aromatic rings. The monoisotopic (exact) mass is 263 g/mol. The van der Waals surface area contributed by atoms with Gasteiger partial charge in [0.1, 0.15) is 5.82 Å². The van der Waals surface area contributed by atoms with E-state index in [4.69, 9.17) is 12.2 Å². The molecule has 0 radical (unpaired) electrons. The van der Waals surface area contributed by atoms with Gasteiger partial charge in [-0.2, -0.15) is 0 Å². The van der Waals surface area contributed by atoms with Gasteiger partial charge in [0.2, 0.25) is 0 Å². The van der Waals surface area contributed by atoms with Crippen molar-refractivity contribution in [3.05, 3.63) is 47.3 Å². The Morgan fingerprint density at radius 1 is 1.35 bits per heavy atom. The molecule has 1 N–H and O–H groups in total. The molecule has 0 saturated carbocycles. The Morgan fingerprint density at radius 3 is 3.12 bits per heavy atom. The van der Waals surface area contributed by atoms with Crippen molar-refractivity contribution in [2.75, 3.05) is 4.72 Å². The highest BCUT2D eigenvalue weighted by Gasteiger charge is 2.22. The van der Waals surface area contributed by atoms with Gasteiger partial charge in [-0.3, -0.25) is 0 Å². The summed E-state index contributed by atoms with van der Waals surface area (Å²) in [5.41, 5.74) is 3.72. The van der Waals surface area contributed by atoms with Crippen LogP contribution < -0.4 is 4.72 Å². The Bertz CT molecular complexity index is 561. The van der Waals surface area contributed by atoms with Gasteiger partial charge in [0.15, 0.2) is 0 Å². The van der Waals surface area contributed by atoms with Crippen LogP contribution in [0.2, 0.25) is 0 Å². The molecule has 0 aromatic heterocycles. The number of halogens is 1. The van der Waals surface area contributed by atoms with Gasteiger partial charge in [0.25, 0.3) is 0 Å². The number of hydrogen-bond acceptors (Lipinski definition) is 3. The lowest BCUT2D eigenvalue weighted by molar-refractivity contribution is 0.632. The van der Waals surface area contributed by atoms with E-state index in [1.807, 2.05) is 6.07 Å². The van der Waals surface area contributed by atoms with Crippen LogP contribution in [0.5, 0.6) is 0 Å². The van der Waals surface area contributed by atoms with Gasteiger partial charge >= 0.3 is 0 Å². The first-order valence-corrected chi connectivity index (χ1v) is 6.65. The molecule has 0 atom stereocenters. The van der Waals surface area contributed by atoms with Crippen LogP contribution in [0.3, 0.4) is 0 Å². The van der Waals surface area contributed by atoms with E-state index in [-0.39, 0.29) is 5.82 Å². The molecule has 1 aliphatic carbocycles. The zero-order chi connectivity index (χ0) is 11.8. The number of thiocarbonyl (C=S) groups is 1. The van der Waals surface area contributed by atoms with Crippen molar-refractivity contribution in [1.29, 1.82) is 0 Å². The van der Waals surface area contributed by atoms with Crippen LogP contribution >= 0.6 is 24.2 Å². The molecule has 17 heavy (non-hydrogen) atoms. The number of nitrogens with one attached hydrogen (secondary N) is 1. The number of benzene rings is 1. The molecule has 0 unspecified atom stereocenters. The summed E-state index contributed by atoms with van der Waals surface area (Å²) in [5, 5.41) is 0. The summed E-state index contributed by atoms with van der Waals surface area (Å²) < 4.78 is 17.6. The van der Waals surface area contributed by atoms with Gasteiger partial charge in [0, 0.05) is 11.1 Å². The first kappa shape index (κ1) is 11.0. The van der Waals surface area contributed by atoms with Crippen molar-refractivity contribution in [3.8, 4) is 0 Å². The smallest absolute Gasteiger partial charge is 0.147 e. The van der Waals surface area contributed by atoms with E-state index >= 15 is 0 Å². The normalized spacial score (nSPS) is 18.3. The van der Waals surface area contributed by atoms with Gasteiger partial charge in [-0.1, -0.05) is 36.5 Å². The molecule has 1 nitrogen and oxygen atoms in total. The quantitative estimate of drug-likeness (QED) is 0.552. The lowest BCUT2D eigenvalue weighted by Crippen LogP contribution is -1.99. The fraction of sp³-hybridized carbons (Fsp3) is 0.154. The largest absolute Gasteiger partial charge is 0.322 e. The average Bonchev–Trinajstić information content (AvgIpc) is 2.50. The summed E-state index contributed by atoms with van der Waals surface area (Å²) in [6.45, 7) is 0. The summed E-state index contributed by atoms with van der Waals surface area (Å²) in [6.07, 6.45) is 6.08. The predicted octanol–water partition coefficient (Wildman–Crippen LogP) is 4.33. The Hall–Kier alpha value is -1.13. The highest BCUT2D eigenvalue weighted by Crippen LogP contribution is 2.40. The van der Waals surface area contributed by atoms with E-state index in [0.29, 0.717) is 5.69 Å². The topological polar surface area (TPSA) is 12.0 Å². The fourth-order valence-corrected chi connectivity index (χ4v) is 3.19. The molecule has 1 aliphatic heterocycles. The Morgan fingerprint density at radius 2 is 2.24 bits per heavy atom. The highest BCUT2D eigenvalue weighted by molar-refractivity contribution is 8.24. The second-order valence-corrected chi connectivity index (χ2v) is 5.47. The molecule has 3 rings (SSSR count). The maximum atomic E-state index is 13.8. The molecule has 0 spiro atoms. The first-order valence-electron chi connectivity index (χ1n) is 5.43. The molecule has 0 fully saturated rings. The number of para-hydroxylation sites is 1. The third-order valence-electron chi connectivity index (χ3n) is 2.98. The number of fused-ring (bicyclic) bond motifs is 2. The van der Waals surface area contributed by atoms with E-state index in [0.717, 1.165) is 33.7 Å². The van der Waals surface area contributed by atoms with Crippen molar-refractivity contribution >= 4 is 39.6 Å². The fourth-order valence-electron chi connectivity index (χ4n) is 2.17. The molecule has 86 valence electrons. The minimum atomic E-state index is -0.221. The third-order valence-corrected chi connectivity index (χ3v) is 4.16. The van der Waals surface area contributed by atoms with Crippen LogP contribution in [0.15, 0.2) is 35.9 Å². The standard InChI is InChI=1S/C13H10FNS2/c14-11-7-3-6-9-8-4-1-2-5-10(8)13(16)17-15-12(9)11/h2-3,5-7,15H,1,4H2. The maximum Gasteiger partial charge on any atom is 0.147 e. The molecule has 4 heteroatoms. The van der Waals surface area contributed by atoms with E-state index in [1.54, 1.807) is 6.07 Å². The first-order chi connectivity index (χ1) is 8.27. The van der Waals surface area contributed by atoms with Crippen LogP contribution in [-0.4, -0.2) is 4.20 Å². The predicted molar refractivity (Wildman–Crippen MR) is 75.5 cm³/mol. The van der Waals surface area contributed by atoms with Gasteiger partial charge < -0.3 is 4.72 Å². The molecule has 0 saturated heterocycles. The molecular formula is C13H10FNS2. The summed E-state index contributed by atoms with van der Waals surface area (Å²) in [7, 11) is 0. The lowest BCUT2D eigenvalue weighted by atomic mass is 9.91. The van der Waals surface area contributed by atoms with E-state index in [1.165, 1.54) is 18.0 Å². The Kier molecular flexibility index (Phi) is 2.76. The molecule has 1 heterocycles. The molecule has 1 aromatic carbocycles. The van der Waals surface area contributed by atoms with Crippen LogP contribution in [0, 0.1) is 5.82 Å². The molecule has 0 bridgehead atoms. The molecular weight excluding hydrogens is 253 g/mol. The van der Waals surface area contributed by atoms with Crippen molar-refractivity contribution in [2.24, 2.45) is 0 Å². The number of hydrogen-bond donors (Lipinski definition) is 1. The molecule has 0 amide bonds. The summed E-state index contributed by atoms with van der Waals surface area (Å²) in [4.78, 5) is 0. The van der Waals surface area contributed by atoms with E-state index in [2.05, 4.69) is 16.9 Å². The van der Waals surface area contributed by atoms with E-state index in [9.17, 15) is 4.39 Å². The van der Waals surface area contributed by atoms with Crippen molar-refractivity contribution in [3.63, 3.8) is 0 Å². The van der Waals surface area contributed by atoms with E-state index < -0.39 is 0 Å². The van der Waals surface area contributed by atoms with Gasteiger partial charge in [0.05, 0.1) is 9.88 Å². The summed E-state index contributed by atoms with van der Waals surface area (Å²) in [6, 6.07) is 5.17. The average molecular weight is 263 g/mol. The maximum absolute atomic E-state index is 13.8. The Labute approximate surface area is 109 Å². The lowest BCUT2D eigenvalue weighted by Gasteiger charge is -2.14. The second kappa shape index (κ2) is 4.27. The van der Waals surface area contributed by atoms with Crippen LogP contribution in [0.25, 0.3) is 5.57 Å². The molecule has 2 aliphatic rings. The zero-order valence-electron chi connectivity index (χ0n) is 9.00. The van der Waals surface area contributed by atoms with Crippen LogP contribution in [0.1, 0.15) is 18.4 Å². The van der Waals surface area contributed by atoms with Gasteiger partial charge in [-0.05, 0) is 36.4 Å². The number of allylic oxidation sites excluding steroid dienone is 3. The van der Waals surface area contributed by atoms with Crippen LogP contribution in [0.4, 0.5) is 10.1 Å². The number of anilines is 1. The van der Waals surface area contributed by atoms with Crippen molar-refractivity contribution in [1.82, 2.24) is 0 Å². The number of rotatable bonds is 0. The van der Waals surface area contributed by atoms with Crippen LogP contribution in [-0.2, 0) is 0 Å².